The highest BCUT2D eigenvalue weighted by molar-refractivity contribution is 9.10. The Hall–Kier alpha value is -2.05. The van der Waals surface area contributed by atoms with Gasteiger partial charge in [0.1, 0.15) is 4.32 Å². The summed E-state index contributed by atoms with van der Waals surface area (Å²) in [5, 5.41) is 0. The van der Waals surface area contributed by atoms with Crippen LogP contribution in [-0.2, 0) is 26.3 Å². The van der Waals surface area contributed by atoms with Crippen LogP contribution in [0.4, 0.5) is 5.69 Å². The maximum atomic E-state index is 13.5. The first kappa shape index (κ1) is 23.1. The summed E-state index contributed by atoms with van der Waals surface area (Å²) in [6, 6.07) is 13.2. The van der Waals surface area contributed by atoms with E-state index < -0.39 is 21.8 Å². The zero-order valence-corrected chi connectivity index (χ0v) is 20.7. The van der Waals surface area contributed by atoms with Crippen molar-refractivity contribution < 1.29 is 22.6 Å². The number of thiocarbonyl (C=S) groups is 1. The van der Waals surface area contributed by atoms with Crippen LogP contribution < -0.4 is 4.90 Å². The minimum absolute atomic E-state index is 0.113. The van der Waals surface area contributed by atoms with E-state index in [1.54, 1.807) is 11.0 Å². The molecule has 0 bridgehead atoms. The minimum Gasteiger partial charge on any atom is -0.748 e. The Kier molecular flexibility index (Phi) is 6.29. The monoisotopic (exact) mass is 551 g/mol. The molecule has 2 aliphatic rings. The average molecular weight is 552 g/mol. The molecule has 32 heavy (non-hydrogen) atoms. The van der Waals surface area contributed by atoms with Gasteiger partial charge in [0.2, 0.25) is 0 Å². The molecule has 2 amide bonds. The Labute approximate surface area is 203 Å². The predicted molar refractivity (Wildman–Crippen MR) is 130 cm³/mol. The number of anilines is 1. The number of hydrogen-bond acceptors (Lipinski definition) is 7. The van der Waals surface area contributed by atoms with Gasteiger partial charge in [0.25, 0.3) is 11.8 Å². The van der Waals surface area contributed by atoms with Gasteiger partial charge in [-0.25, -0.2) is 8.42 Å². The highest BCUT2D eigenvalue weighted by Gasteiger charge is 2.42. The molecule has 0 saturated carbocycles. The minimum atomic E-state index is -4.52. The van der Waals surface area contributed by atoms with Gasteiger partial charge >= 0.3 is 0 Å². The van der Waals surface area contributed by atoms with Crippen molar-refractivity contribution in [1.82, 2.24) is 4.90 Å². The van der Waals surface area contributed by atoms with Crippen molar-refractivity contribution >= 4 is 77.4 Å². The molecule has 2 aromatic rings. The Balaban J connectivity index is 1.74. The van der Waals surface area contributed by atoms with Crippen molar-refractivity contribution in [2.75, 3.05) is 17.2 Å². The standard InChI is InChI=1S/C21H17BrN2O5S3/c1-12-2-4-13(5-3-12)11-24-16-7-6-14(22)10-15(16)17(19(24)25)18-20(26)23(21(30)31-18)8-9-32(27,28)29/h2-7,10H,8-9,11H2,1H3,(H,27,28,29)/p-1/b18-17+. The second-order valence-corrected chi connectivity index (χ2v) is 11.4. The van der Waals surface area contributed by atoms with Gasteiger partial charge in [-0.3, -0.25) is 14.5 Å². The van der Waals surface area contributed by atoms with Gasteiger partial charge in [0.05, 0.1) is 38.6 Å². The van der Waals surface area contributed by atoms with Crippen LogP contribution in [0.25, 0.3) is 5.57 Å². The zero-order chi connectivity index (χ0) is 23.2. The second-order valence-electron chi connectivity index (χ2n) is 7.33. The molecule has 11 heteroatoms. The van der Waals surface area contributed by atoms with Gasteiger partial charge in [0.15, 0.2) is 0 Å². The average Bonchev–Trinajstić information content (AvgIpc) is 3.13. The van der Waals surface area contributed by atoms with Crippen LogP contribution in [0.3, 0.4) is 0 Å². The molecule has 2 aliphatic heterocycles. The first-order chi connectivity index (χ1) is 15.0. The third-order valence-corrected chi connectivity index (χ3v) is 7.70. The van der Waals surface area contributed by atoms with Gasteiger partial charge in [-0.1, -0.05) is 69.7 Å². The van der Waals surface area contributed by atoms with E-state index in [4.69, 9.17) is 12.2 Å². The van der Waals surface area contributed by atoms with Crippen LogP contribution in [-0.4, -0.2) is 46.3 Å². The van der Waals surface area contributed by atoms with E-state index in [2.05, 4.69) is 15.9 Å². The summed E-state index contributed by atoms with van der Waals surface area (Å²) in [5.41, 5.74) is 3.52. The van der Waals surface area contributed by atoms with Crippen molar-refractivity contribution in [2.45, 2.75) is 13.5 Å². The number of amides is 2. The van der Waals surface area contributed by atoms with Crippen molar-refractivity contribution in [3.8, 4) is 0 Å². The lowest BCUT2D eigenvalue weighted by molar-refractivity contribution is -0.122. The fourth-order valence-electron chi connectivity index (χ4n) is 3.50. The number of benzene rings is 2. The maximum absolute atomic E-state index is 13.5. The summed E-state index contributed by atoms with van der Waals surface area (Å²) in [5.74, 6) is -1.66. The number of thioether (sulfide) groups is 1. The number of hydrogen-bond donors (Lipinski definition) is 0. The summed E-state index contributed by atoms with van der Waals surface area (Å²) >= 11 is 9.59. The lowest BCUT2D eigenvalue weighted by Gasteiger charge is -2.17. The smallest absolute Gasteiger partial charge is 0.267 e. The van der Waals surface area contributed by atoms with Crippen LogP contribution >= 0.6 is 39.9 Å². The predicted octanol–water partition coefficient (Wildman–Crippen LogP) is 3.42. The molecular weight excluding hydrogens is 536 g/mol. The fraction of sp³-hybridized carbons (Fsp3) is 0.190. The second kappa shape index (κ2) is 8.71. The van der Waals surface area contributed by atoms with Crippen molar-refractivity contribution in [3.05, 3.63) is 68.5 Å². The number of fused-ring (bicyclic) bond motifs is 1. The van der Waals surface area contributed by atoms with Gasteiger partial charge in [-0.05, 0) is 30.7 Å². The molecule has 166 valence electrons. The summed E-state index contributed by atoms with van der Waals surface area (Å²) in [6.45, 7) is 1.96. The molecule has 4 rings (SSSR count). The first-order valence-corrected chi connectivity index (χ1v) is 13.0. The maximum Gasteiger partial charge on any atom is 0.267 e. The van der Waals surface area contributed by atoms with E-state index in [-0.39, 0.29) is 27.3 Å². The van der Waals surface area contributed by atoms with E-state index in [1.807, 2.05) is 43.3 Å². The molecule has 2 aromatic carbocycles. The number of aryl methyl sites for hydroxylation is 1. The van der Waals surface area contributed by atoms with E-state index in [0.29, 0.717) is 17.8 Å². The Morgan fingerprint density at radius 2 is 1.75 bits per heavy atom. The van der Waals surface area contributed by atoms with Crippen LogP contribution in [0.5, 0.6) is 0 Å². The van der Waals surface area contributed by atoms with Crippen LogP contribution in [0.15, 0.2) is 51.8 Å². The molecule has 1 fully saturated rings. The molecular formula is C21H16BrN2O5S3-. The Bertz CT molecular complexity index is 1290. The first-order valence-electron chi connectivity index (χ1n) is 9.44. The Morgan fingerprint density at radius 3 is 2.41 bits per heavy atom. The molecule has 0 radical (unpaired) electrons. The normalized spacial score (nSPS) is 18.7. The third kappa shape index (κ3) is 4.53. The van der Waals surface area contributed by atoms with Crippen molar-refractivity contribution in [2.24, 2.45) is 0 Å². The van der Waals surface area contributed by atoms with Crippen LogP contribution in [0.2, 0.25) is 0 Å². The van der Waals surface area contributed by atoms with Crippen molar-refractivity contribution in [3.63, 3.8) is 0 Å². The van der Waals surface area contributed by atoms with Crippen LogP contribution in [0.1, 0.15) is 16.7 Å². The summed E-state index contributed by atoms with van der Waals surface area (Å²) in [6.07, 6.45) is 0. The zero-order valence-electron chi connectivity index (χ0n) is 16.7. The van der Waals surface area contributed by atoms with Gasteiger partial charge in [-0.15, -0.1) is 0 Å². The topological polar surface area (TPSA) is 97.8 Å². The lowest BCUT2D eigenvalue weighted by atomic mass is 10.1. The number of halogens is 1. The van der Waals surface area contributed by atoms with E-state index in [9.17, 15) is 22.6 Å². The molecule has 2 heterocycles. The van der Waals surface area contributed by atoms with Gasteiger partial charge < -0.3 is 9.45 Å². The lowest BCUT2D eigenvalue weighted by Crippen LogP contribution is -2.33. The molecule has 0 aliphatic carbocycles. The number of rotatable bonds is 5. The largest absolute Gasteiger partial charge is 0.748 e. The highest BCUT2D eigenvalue weighted by atomic mass is 79.9. The molecule has 0 spiro atoms. The number of carbonyl (C=O) groups excluding carboxylic acids is 2. The van der Waals surface area contributed by atoms with Crippen LogP contribution in [0, 0.1) is 6.92 Å². The molecule has 0 aromatic heterocycles. The van der Waals surface area contributed by atoms with Gasteiger partial charge in [0, 0.05) is 16.6 Å². The highest BCUT2D eigenvalue weighted by Crippen LogP contribution is 2.45. The number of carbonyl (C=O) groups is 2. The molecule has 7 nitrogen and oxygen atoms in total. The molecule has 1 saturated heterocycles. The fourth-order valence-corrected chi connectivity index (χ4v) is 5.65. The van der Waals surface area contributed by atoms with E-state index >= 15 is 0 Å². The SMILES string of the molecule is Cc1ccc(CN2C(=O)/C(=C3/SC(=S)N(CCS(=O)(=O)[O-])C3=O)c3cc(Br)ccc32)cc1. The van der Waals surface area contributed by atoms with Crippen molar-refractivity contribution in [1.29, 1.82) is 0 Å². The molecule has 0 atom stereocenters. The summed E-state index contributed by atoms with van der Waals surface area (Å²) < 4.78 is 33.9. The molecule has 0 unspecified atom stereocenters. The van der Waals surface area contributed by atoms with E-state index in [0.717, 1.165) is 32.3 Å². The van der Waals surface area contributed by atoms with Gasteiger partial charge in [-0.2, -0.15) is 0 Å². The molecule has 0 N–H and O–H groups in total. The third-order valence-electron chi connectivity index (χ3n) is 5.08. The number of nitrogens with zero attached hydrogens (tertiary/aromatic N) is 2. The quantitative estimate of drug-likeness (QED) is 0.319. The van der Waals surface area contributed by atoms with E-state index in [1.165, 1.54) is 0 Å². The Morgan fingerprint density at radius 1 is 1.06 bits per heavy atom. The summed E-state index contributed by atoms with van der Waals surface area (Å²) in [7, 11) is -4.52. The summed E-state index contributed by atoms with van der Waals surface area (Å²) in [4.78, 5) is 29.3.